The molecule has 10 heteroatoms. The van der Waals surface area contributed by atoms with Gasteiger partial charge in [0.25, 0.3) is 11.8 Å². The first-order valence-electron chi connectivity index (χ1n) is 11.3. The molecule has 0 aliphatic carbocycles. The fourth-order valence-corrected chi connectivity index (χ4v) is 5.35. The second kappa shape index (κ2) is 10.3. The average molecular weight is 519 g/mol. The third-order valence-corrected chi connectivity index (χ3v) is 7.04. The van der Waals surface area contributed by atoms with Gasteiger partial charge in [0.2, 0.25) is 0 Å². The monoisotopic (exact) mass is 518 g/mol. The molecule has 0 radical (unpaired) electrons. The summed E-state index contributed by atoms with van der Waals surface area (Å²) in [6.45, 7) is 5.00. The Hall–Kier alpha value is -4.02. The quantitative estimate of drug-likeness (QED) is 0.253. The number of nitrogens with one attached hydrogen (secondary N) is 2. The summed E-state index contributed by atoms with van der Waals surface area (Å²) in [6, 6.07) is 17.7. The number of carbonyl (C=O) groups excluding carboxylic acids is 2. The van der Waals surface area contributed by atoms with E-state index in [1.54, 1.807) is 24.3 Å². The minimum atomic E-state index is -0.350. The standard InChI is InChI=1S/C26H22N4O4S2/c1-3-33-17-8-10-19-21(13-17)35-25(27-19)29-23(31)15-6-5-7-16(12-15)24(32)30-26-28-20-11-9-18(34-4-2)14-22(20)36-26/h5-14H,3-4H2,1-2H3,(H,27,29,31)(H,28,30,32). The number of ether oxygens (including phenoxy) is 2. The van der Waals surface area contributed by atoms with Gasteiger partial charge in [0, 0.05) is 11.1 Å². The smallest absolute Gasteiger partial charge is 0.257 e. The predicted molar refractivity (Wildman–Crippen MR) is 144 cm³/mol. The molecule has 2 heterocycles. The number of carbonyl (C=O) groups is 2. The second-order valence-electron chi connectivity index (χ2n) is 7.65. The van der Waals surface area contributed by atoms with Crippen LogP contribution in [-0.2, 0) is 0 Å². The Kier molecular flexibility index (Phi) is 6.79. The highest BCUT2D eigenvalue weighted by atomic mass is 32.1. The van der Waals surface area contributed by atoms with Crippen molar-refractivity contribution in [3.63, 3.8) is 0 Å². The highest BCUT2D eigenvalue weighted by Gasteiger charge is 2.15. The van der Waals surface area contributed by atoms with Crippen molar-refractivity contribution < 1.29 is 19.1 Å². The molecule has 8 nitrogen and oxygen atoms in total. The molecule has 0 unspecified atom stereocenters. The summed E-state index contributed by atoms with van der Waals surface area (Å²) in [5.74, 6) is 0.815. The van der Waals surface area contributed by atoms with Crippen LogP contribution in [0.25, 0.3) is 20.4 Å². The number of hydrogen-bond donors (Lipinski definition) is 2. The molecule has 2 amide bonds. The van der Waals surface area contributed by atoms with Gasteiger partial charge in [-0.3, -0.25) is 20.2 Å². The SMILES string of the molecule is CCOc1ccc2nc(NC(=O)c3cccc(C(=O)Nc4nc5ccc(OCC)cc5s4)c3)sc2c1. The van der Waals surface area contributed by atoms with Gasteiger partial charge in [-0.2, -0.15) is 0 Å². The van der Waals surface area contributed by atoms with E-state index in [-0.39, 0.29) is 11.8 Å². The Balaban J connectivity index is 1.29. The topological polar surface area (TPSA) is 102 Å². The average Bonchev–Trinajstić information content (AvgIpc) is 3.46. The molecular weight excluding hydrogens is 496 g/mol. The normalized spacial score (nSPS) is 10.9. The van der Waals surface area contributed by atoms with Crippen molar-refractivity contribution in [3.05, 3.63) is 71.8 Å². The lowest BCUT2D eigenvalue weighted by atomic mass is 10.1. The van der Waals surface area contributed by atoms with Crippen molar-refractivity contribution in [2.45, 2.75) is 13.8 Å². The molecule has 5 aromatic rings. The zero-order valence-electron chi connectivity index (χ0n) is 19.5. The zero-order valence-corrected chi connectivity index (χ0v) is 21.2. The zero-order chi connectivity index (χ0) is 25.1. The Morgan fingerprint density at radius 1 is 0.722 bits per heavy atom. The van der Waals surface area contributed by atoms with Gasteiger partial charge in [0.15, 0.2) is 10.3 Å². The van der Waals surface area contributed by atoms with Gasteiger partial charge in [-0.1, -0.05) is 28.7 Å². The molecule has 0 bridgehead atoms. The van der Waals surface area contributed by atoms with Crippen molar-refractivity contribution in [2.24, 2.45) is 0 Å². The Morgan fingerprint density at radius 2 is 1.19 bits per heavy atom. The lowest BCUT2D eigenvalue weighted by Gasteiger charge is -2.05. The number of anilines is 2. The summed E-state index contributed by atoms with van der Waals surface area (Å²) in [5, 5.41) is 6.59. The fourth-order valence-electron chi connectivity index (χ4n) is 3.57. The second-order valence-corrected chi connectivity index (χ2v) is 9.71. The molecule has 2 N–H and O–H groups in total. The van der Waals surface area contributed by atoms with Crippen molar-refractivity contribution >= 4 is 65.2 Å². The van der Waals surface area contributed by atoms with E-state index in [1.165, 1.54) is 22.7 Å². The van der Waals surface area contributed by atoms with Gasteiger partial charge in [0.05, 0.1) is 33.6 Å². The third kappa shape index (κ3) is 5.14. The van der Waals surface area contributed by atoms with E-state index < -0.39 is 0 Å². The largest absolute Gasteiger partial charge is 0.494 e. The fraction of sp³-hybridized carbons (Fsp3) is 0.154. The number of amides is 2. The number of thiazole rings is 2. The van der Waals surface area contributed by atoms with E-state index in [0.29, 0.717) is 34.6 Å². The van der Waals surface area contributed by atoms with Crippen molar-refractivity contribution in [2.75, 3.05) is 23.8 Å². The molecule has 0 aliphatic heterocycles. The predicted octanol–water partition coefficient (Wildman–Crippen LogP) is 6.21. The molecule has 3 aromatic carbocycles. The van der Waals surface area contributed by atoms with E-state index in [0.717, 1.165) is 31.9 Å². The minimum Gasteiger partial charge on any atom is -0.494 e. The van der Waals surface area contributed by atoms with Gasteiger partial charge in [-0.25, -0.2) is 9.97 Å². The van der Waals surface area contributed by atoms with Crippen molar-refractivity contribution in [1.29, 1.82) is 0 Å². The van der Waals surface area contributed by atoms with Gasteiger partial charge in [-0.15, -0.1) is 0 Å². The Morgan fingerprint density at radius 3 is 1.64 bits per heavy atom. The summed E-state index contributed by atoms with van der Waals surface area (Å²) in [5.41, 5.74) is 2.25. The van der Waals surface area contributed by atoms with Crippen LogP contribution in [0.2, 0.25) is 0 Å². The van der Waals surface area contributed by atoms with Crippen LogP contribution in [0.3, 0.4) is 0 Å². The first-order chi connectivity index (χ1) is 17.5. The van der Waals surface area contributed by atoms with Crippen LogP contribution in [0.4, 0.5) is 10.3 Å². The van der Waals surface area contributed by atoms with Crippen molar-refractivity contribution in [3.8, 4) is 11.5 Å². The molecular formula is C26H22N4O4S2. The molecule has 5 rings (SSSR count). The maximum Gasteiger partial charge on any atom is 0.257 e. The van der Waals surface area contributed by atoms with Crippen molar-refractivity contribution in [1.82, 2.24) is 9.97 Å². The van der Waals surface area contributed by atoms with Gasteiger partial charge < -0.3 is 9.47 Å². The molecule has 0 saturated carbocycles. The Bertz CT molecular complexity index is 1460. The van der Waals surface area contributed by atoms with Crippen LogP contribution in [0.15, 0.2) is 60.7 Å². The van der Waals surface area contributed by atoms with Gasteiger partial charge in [0.1, 0.15) is 11.5 Å². The van der Waals surface area contributed by atoms with Gasteiger partial charge >= 0.3 is 0 Å². The van der Waals surface area contributed by atoms with E-state index in [9.17, 15) is 9.59 Å². The number of fused-ring (bicyclic) bond motifs is 2. The molecule has 0 spiro atoms. The molecule has 0 fully saturated rings. The lowest BCUT2D eigenvalue weighted by Crippen LogP contribution is -2.15. The summed E-state index contributed by atoms with van der Waals surface area (Å²) >= 11 is 2.72. The van der Waals surface area contributed by atoms with Crippen LogP contribution in [0.5, 0.6) is 11.5 Å². The highest BCUT2D eigenvalue weighted by molar-refractivity contribution is 7.22. The molecule has 182 valence electrons. The van der Waals surface area contributed by atoms with E-state index in [2.05, 4.69) is 20.6 Å². The maximum absolute atomic E-state index is 12.9. The summed E-state index contributed by atoms with van der Waals surface area (Å²) in [7, 11) is 0. The first-order valence-corrected chi connectivity index (χ1v) is 12.9. The maximum atomic E-state index is 12.9. The summed E-state index contributed by atoms with van der Waals surface area (Å²) in [4.78, 5) is 34.7. The van der Waals surface area contributed by atoms with E-state index >= 15 is 0 Å². The van der Waals surface area contributed by atoms with E-state index in [4.69, 9.17) is 9.47 Å². The van der Waals surface area contributed by atoms with Crippen LogP contribution in [-0.4, -0.2) is 35.0 Å². The lowest BCUT2D eigenvalue weighted by molar-refractivity contribution is 0.102. The van der Waals surface area contributed by atoms with Crippen LogP contribution >= 0.6 is 22.7 Å². The number of benzene rings is 3. The summed E-state index contributed by atoms with van der Waals surface area (Å²) in [6.07, 6.45) is 0. The minimum absolute atomic E-state index is 0.350. The first kappa shape index (κ1) is 23.7. The van der Waals surface area contributed by atoms with Crippen LogP contribution in [0, 0.1) is 0 Å². The Labute approximate surface area is 214 Å². The molecule has 2 aromatic heterocycles. The number of hydrogen-bond acceptors (Lipinski definition) is 8. The molecule has 0 aliphatic rings. The van der Waals surface area contributed by atoms with Crippen LogP contribution in [0.1, 0.15) is 34.6 Å². The summed E-state index contributed by atoms with van der Waals surface area (Å²) < 4.78 is 12.9. The third-order valence-electron chi connectivity index (χ3n) is 5.17. The number of rotatable bonds is 8. The molecule has 0 atom stereocenters. The van der Waals surface area contributed by atoms with E-state index in [1.807, 2.05) is 50.2 Å². The van der Waals surface area contributed by atoms with Gasteiger partial charge in [-0.05, 0) is 68.4 Å². The number of nitrogens with zero attached hydrogens (tertiary/aromatic N) is 2. The van der Waals surface area contributed by atoms with Crippen LogP contribution < -0.4 is 20.1 Å². The molecule has 36 heavy (non-hydrogen) atoms. The molecule has 0 saturated heterocycles. The number of aromatic nitrogens is 2. The highest BCUT2D eigenvalue weighted by Crippen LogP contribution is 2.31.